The molecule has 4 heteroatoms. The van der Waals surface area contributed by atoms with E-state index in [1.165, 1.54) is 16.3 Å². The van der Waals surface area contributed by atoms with Gasteiger partial charge in [-0.2, -0.15) is 0 Å². The van der Waals surface area contributed by atoms with Gasteiger partial charge in [0.05, 0.1) is 11.4 Å². The summed E-state index contributed by atoms with van der Waals surface area (Å²) in [4.78, 5) is 19.8. The lowest BCUT2D eigenvalue weighted by molar-refractivity contribution is 1.07. The first-order valence-corrected chi connectivity index (χ1v) is 17.4. The first kappa shape index (κ1) is 31.0. The highest BCUT2D eigenvalue weighted by molar-refractivity contribution is 6.05. The maximum absolute atomic E-state index is 5.11. The van der Waals surface area contributed by atoms with Crippen LogP contribution in [0.5, 0.6) is 0 Å². The predicted molar refractivity (Wildman–Crippen MR) is 213 cm³/mol. The summed E-state index contributed by atoms with van der Waals surface area (Å²) < 4.78 is 0. The molecule has 0 atom stereocenters. The van der Waals surface area contributed by atoms with Crippen LogP contribution in [0.3, 0.4) is 0 Å². The van der Waals surface area contributed by atoms with Gasteiger partial charge in [0.2, 0.25) is 0 Å². The Hall–Kier alpha value is -7.04. The summed E-state index contributed by atoms with van der Waals surface area (Å²) in [6.07, 6.45) is 0. The predicted octanol–water partition coefficient (Wildman–Crippen LogP) is 12.1. The van der Waals surface area contributed by atoms with Gasteiger partial charge in [-0.25, -0.2) is 19.9 Å². The Balaban J connectivity index is 1.13. The zero-order chi connectivity index (χ0) is 34.7. The maximum atomic E-state index is 5.11. The van der Waals surface area contributed by atoms with Crippen molar-refractivity contribution in [1.29, 1.82) is 0 Å². The molecule has 0 spiro atoms. The quantitative estimate of drug-likeness (QED) is 0.170. The van der Waals surface area contributed by atoms with Crippen LogP contribution < -0.4 is 0 Å². The van der Waals surface area contributed by atoms with Gasteiger partial charge < -0.3 is 0 Å². The molecule has 9 rings (SSSR count). The number of hydrogen-bond donors (Lipinski definition) is 0. The van der Waals surface area contributed by atoms with Crippen LogP contribution >= 0.6 is 0 Å². The molecule has 0 aliphatic carbocycles. The molecule has 0 saturated carbocycles. The number of benzene rings is 7. The van der Waals surface area contributed by atoms with Crippen molar-refractivity contribution in [3.63, 3.8) is 0 Å². The lowest BCUT2D eigenvalue weighted by atomic mass is 9.91. The second-order valence-corrected chi connectivity index (χ2v) is 12.7. The molecule has 7 aromatic carbocycles. The molecule has 52 heavy (non-hydrogen) atoms. The van der Waals surface area contributed by atoms with E-state index in [2.05, 4.69) is 121 Å². The van der Waals surface area contributed by atoms with E-state index in [1.807, 2.05) is 72.8 Å². The molecule has 9 aromatic rings. The van der Waals surface area contributed by atoms with Crippen molar-refractivity contribution >= 4 is 10.8 Å². The SMILES string of the molecule is c1ccc(-c2cc(-c3ccc(-c4ccc(-c5nc(-c6ccccc6)nc(-c6ccccc6)n5)cc4)c4ccccc34)cc(-c3ccccc3)n2)cc1. The van der Waals surface area contributed by atoms with Crippen LogP contribution in [0.4, 0.5) is 0 Å². The number of pyridine rings is 1. The summed E-state index contributed by atoms with van der Waals surface area (Å²) >= 11 is 0. The average molecular weight is 665 g/mol. The van der Waals surface area contributed by atoms with Crippen LogP contribution in [0.25, 0.3) is 89.7 Å². The first-order valence-electron chi connectivity index (χ1n) is 17.4. The van der Waals surface area contributed by atoms with Gasteiger partial charge in [-0.15, -0.1) is 0 Å². The third kappa shape index (κ3) is 6.14. The monoisotopic (exact) mass is 664 g/mol. The largest absolute Gasteiger partial charge is 0.248 e. The van der Waals surface area contributed by atoms with E-state index >= 15 is 0 Å². The van der Waals surface area contributed by atoms with Gasteiger partial charge in [-0.05, 0) is 45.2 Å². The molecule has 2 aromatic heterocycles. The number of rotatable bonds is 7. The van der Waals surface area contributed by atoms with E-state index in [0.29, 0.717) is 17.5 Å². The summed E-state index contributed by atoms with van der Waals surface area (Å²) in [5.41, 5.74) is 11.5. The number of nitrogens with zero attached hydrogens (tertiary/aromatic N) is 4. The van der Waals surface area contributed by atoms with E-state index in [9.17, 15) is 0 Å². The van der Waals surface area contributed by atoms with Crippen molar-refractivity contribution in [1.82, 2.24) is 19.9 Å². The van der Waals surface area contributed by atoms with Gasteiger partial charge in [-0.1, -0.05) is 182 Å². The highest BCUT2D eigenvalue weighted by Crippen LogP contribution is 2.38. The molecule has 2 heterocycles. The van der Waals surface area contributed by atoms with Crippen molar-refractivity contribution in [3.8, 4) is 78.9 Å². The van der Waals surface area contributed by atoms with E-state index in [-0.39, 0.29) is 0 Å². The highest BCUT2D eigenvalue weighted by Gasteiger charge is 2.15. The second-order valence-electron chi connectivity index (χ2n) is 12.7. The van der Waals surface area contributed by atoms with Gasteiger partial charge in [0.15, 0.2) is 17.5 Å². The van der Waals surface area contributed by atoms with Gasteiger partial charge in [0, 0.05) is 27.8 Å². The Kier molecular flexibility index (Phi) is 8.16. The van der Waals surface area contributed by atoms with Crippen molar-refractivity contribution in [2.75, 3.05) is 0 Å². The Bertz CT molecular complexity index is 2530. The van der Waals surface area contributed by atoms with Crippen molar-refractivity contribution in [2.24, 2.45) is 0 Å². The number of hydrogen-bond acceptors (Lipinski definition) is 4. The Morgan fingerprint density at radius 2 is 0.558 bits per heavy atom. The number of fused-ring (bicyclic) bond motifs is 1. The maximum Gasteiger partial charge on any atom is 0.164 e. The smallest absolute Gasteiger partial charge is 0.164 e. The zero-order valence-electron chi connectivity index (χ0n) is 28.3. The molecular formula is C48H32N4. The van der Waals surface area contributed by atoms with Crippen LogP contribution in [0.2, 0.25) is 0 Å². The van der Waals surface area contributed by atoms with Crippen molar-refractivity contribution < 1.29 is 0 Å². The summed E-state index contributed by atoms with van der Waals surface area (Å²) in [5.74, 6) is 1.94. The molecule has 0 N–H and O–H groups in total. The van der Waals surface area contributed by atoms with E-state index < -0.39 is 0 Å². The molecule has 244 valence electrons. The van der Waals surface area contributed by atoms with Gasteiger partial charge in [0.25, 0.3) is 0 Å². The van der Waals surface area contributed by atoms with Crippen molar-refractivity contribution in [3.05, 3.63) is 194 Å². The molecule has 0 fully saturated rings. The highest BCUT2D eigenvalue weighted by atomic mass is 15.0. The molecule has 0 aliphatic heterocycles. The lowest BCUT2D eigenvalue weighted by Crippen LogP contribution is -2.00. The molecule has 0 amide bonds. The Labute approximate surface area is 302 Å². The lowest BCUT2D eigenvalue weighted by Gasteiger charge is -2.15. The van der Waals surface area contributed by atoms with E-state index in [0.717, 1.165) is 55.9 Å². The Morgan fingerprint density at radius 1 is 0.231 bits per heavy atom. The fourth-order valence-corrected chi connectivity index (χ4v) is 6.74. The standard InChI is InChI=1S/C48H32N4/c1-5-15-34(16-6-1)44-31-39(32-45(49-44)35-17-7-2-8-18-35)41-30-29-40(42-23-13-14-24-43(41)42)33-25-27-38(28-26-33)48-51-46(36-19-9-3-10-20-36)50-47(52-48)37-21-11-4-12-22-37/h1-32H. The molecule has 0 bridgehead atoms. The average Bonchev–Trinajstić information content (AvgIpc) is 3.24. The first-order chi connectivity index (χ1) is 25.8. The molecular weight excluding hydrogens is 633 g/mol. The Morgan fingerprint density at radius 3 is 0.981 bits per heavy atom. The normalized spacial score (nSPS) is 11.1. The third-order valence-electron chi connectivity index (χ3n) is 9.35. The van der Waals surface area contributed by atoms with Crippen LogP contribution in [0.15, 0.2) is 194 Å². The van der Waals surface area contributed by atoms with E-state index in [4.69, 9.17) is 19.9 Å². The minimum Gasteiger partial charge on any atom is -0.248 e. The third-order valence-corrected chi connectivity index (χ3v) is 9.35. The van der Waals surface area contributed by atoms with Gasteiger partial charge in [-0.3, -0.25) is 0 Å². The van der Waals surface area contributed by atoms with Gasteiger partial charge in [0.1, 0.15) is 0 Å². The van der Waals surface area contributed by atoms with Gasteiger partial charge >= 0.3 is 0 Å². The van der Waals surface area contributed by atoms with Crippen molar-refractivity contribution in [2.45, 2.75) is 0 Å². The minimum absolute atomic E-state index is 0.639. The van der Waals surface area contributed by atoms with Crippen LogP contribution in [-0.2, 0) is 0 Å². The fourth-order valence-electron chi connectivity index (χ4n) is 6.74. The number of aromatic nitrogens is 4. The van der Waals surface area contributed by atoms with Crippen LogP contribution in [0.1, 0.15) is 0 Å². The topological polar surface area (TPSA) is 51.6 Å². The molecule has 0 radical (unpaired) electrons. The van der Waals surface area contributed by atoms with Crippen LogP contribution in [0, 0.1) is 0 Å². The summed E-state index contributed by atoms with van der Waals surface area (Å²) in [5, 5.41) is 2.37. The zero-order valence-corrected chi connectivity index (χ0v) is 28.3. The van der Waals surface area contributed by atoms with Crippen LogP contribution in [-0.4, -0.2) is 19.9 Å². The molecule has 0 saturated heterocycles. The molecule has 0 unspecified atom stereocenters. The molecule has 0 aliphatic rings. The summed E-state index contributed by atoms with van der Waals surface area (Å²) in [6.45, 7) is 0. The van der Waals surface area contributed by atoms with E-state index in [1.54, 1.807) is 0 Å². The minimum atomic E-state index is 0.639. The summed E-state index contributed by atoms with van der Waals surface area (Å²) in [7, 11) is 0. The second kappa shape index (κ2) is 13.7. The fraction of sp³-hybridized carbons (Fsp3) is 0. The summed E-state index contributed by atoms with van der Waals surface area (Å²) in [6, 6.07) is 67.0. The molecule has 4 nitrogen and oxygen atoms in total.